The summed E-state index contributed by atoms with van der Waals surface area (Å²) in [5, 5.41) is 0. The first-order valence-corrected chi connectivity index (χ1v) is 23.6. The van der Waals surface area contributed by atoms with Crippen molar-refractivity contribution in [1.82, 2.24) is 59.6 Å². The summed E-state index contributed by atoms with van der Waals surface area (Å²) in [6.45, 7) is 12.8. The molecule has 10 heterocycles. The smallest absolute Gasteiger partial charge is 0.218 e. The van der Waals surface area contributed by atoms with Crippen molar-refractivity contribution in [3.63, 3.8) is 0 Å². The number of hydrogen-bond donors (Lipinski definition) is 2. The van der Waals surface area contributed by atoms with E-state index in [2.05, 4.69) is 78.1 Å². The summed E-state index contributed by atoms with van der Waals surface area (Å²) in [5.74, 6) is 2.43. The molecule has 2 unspecified atom stereocenters. The highest BCUT2D eigenvalue weighted by molar-refractivity contribution is 5.74. The fourth-order valence-electron chi connectivity index (χ4n) is 9.34. The van der Waals surface area contributed by atoms with Gasteiger partial charge in [-0.25, -0.2) is 54.2 Å². The summed E-state index contributed by atoms with van der Waals surface area (Å²) in [6, 6.07) is 9.81. The Morgan fingerprint density at radius 1 is 0.543 bits per heavy atom. The minimum Gasteiger partial charge on any atom is -0.370 e. The van der Waals surface area contributed by atoms with E-state index in [4.69, 9.17) is 26.4 Å². The van der Waals surface area contributed by atoms with Gasteiger partial charge in [0.05, 0.1) is 23.5 Å². The standard InChI is InChI=1S/2C24H28FN9O/c1-16-18-15-29-24(23-27-5-2-6-28-23)30-19(18)3-8-34(16)22-14-17(13-20(25)31-22)33-11-9-32(10-12-33)7-4-21(26)35;1-16-18-15-29-24(23-27-5-2-6-28-23)30-19(18)3-8-34(16)22-14-17(25)13-21(31-22)33-11-9-32(10-12-33)7-4-20(26)35/h2*2,5-6,13-16H,3-4,7-12H2,1H3,(H2,26,35). The van der Waals surface area contributed by atoms with Gasteiger partial charge >= 0.3 is 0 Å². The Labute approximate surface area is 404 Å². The Hall–Kier alpha value is -7.46. The van der Waals surface area contributed by atoms with Gasteiger partial charge in [-0.05, 0) is 26.0 Å². The molecule has 4 aliphatic heterocycles. The fraction of sp³-hybridized carbons (Fsp3) is 0.417. The molecule has 0 saturated carbocycles. The molecule has 0 aliphatic carbocycles. The van der Waals surface area contributed by atoms with Gasteiger partial charge in [-0.2, -0.15) is 4.39 Å². The van der Waals surface area contributed by atoms with Gasteiger partial charge in [0.15, 0.2) is 23.3 Å². The van der Waals surface area contributed by atoms with E-state index in [1.807, 2.05) is 18.5 Å². The van der Waals surface area contributed by atoms with E-state index in [0.717, 1.165) is 67.5 Å². The lowest BCUT2D eigenvalue weighted by Gasteiger charge is -2.38. The van der Waals surface area contributed by atoms with Crippen molar-refractivity contribution in [2.24, 2.45) is 11.5 Å². The quantitative estimate of drug-likeness (QED) is 0.168. The highest BCUT2D eigenvalue weighted by Crippen LogP contribution is 2.36. The van der Waals surface area contributed by atoms with Crippen molar-refractivity contribution in [2.75, 3.05) is 98.1 Å². The number of fused-ring (bicyclic) bond motifs is 2. The molecule has 2 fully saturated rings. The van der Waals surface area contributed by atoms with Crippen LogP contribution in [0.5, 0.6) is 0 Å². The van der Waals surface area contributed by atoms with Gasteiger partial charge in [0, 0.05) is 182 Å². The van der Waals surface area contributed by atoms with Crippen LogP contribution in [0.1, 0.15) is 61.3 Å². The molecule has 6 aromatic rings. The largest absolute Gasteiger partial charge is 0.370 e. The second-order valence-corrected chi connectivity index (χ2v) is 17.7. The molecule has 0 aromatic carbocycles. The van der Waals surface area contributed by atoms with Gasteiger partial charge in [-0.3, -0.25) is 19.4 Å². The highest BCUT2D eigenvalue weighted by Gasteiger charge is 2.31. The van der Waals surface area contributed by atoms with Crippen LogP contribution in [0.4, 0.5) is 31.9 Å². The molecule has 0 bridgehead atoms. The van der Waals surface area contributed by atoms with Crippen molar-refractivity contribution >= 4 is 35.0 Å². The van der Waals surface area contributed by atoms with E-state index in [9.17, 15) is 18.4 Å². The van der Waals surface area contributed by atoms with Gasteiger partial charge in [-0.1, -0.05) is 0 Å². The van der Waals surface area contributed by atoms with Crippen molar-refractivity contribution in [3.05, 3.63) is 108 Å². The number of pyridine rings is 2. The number of hydrogen-bond acceptors (Lipinski definition) is 18. The second kappa shape index (κ2) is 21.5. The third kappa shape index (κ3) is 11.2. The Morgan fingerprint density at radius 2 is 1.00 bits per heavy atom. The van der Waals surface area contributed by atoms with Crippen LogP contribution < -0.4 is 31.1 Å². The Kier molecular flexibility index (Phi) is 14.6. The van der Waals surface area contributed by atoms with Crippen LogP contribution in [0.2, 0.25) is 0 Å². The lowest BCUT2D eigenvalue weighted by molar-refractivity contribution is -0.119. The number of nitrogens with zero attached hydrogens (tertiary/aromatic N) is 16. The van der Waals surface area contributed by atoms with Crippen LogP contribution in [-0.4, -0.2) is 150 Å². The van der Waals surface area contributed by atoms with Crippen molar-refractivity contribution in [1.29, 1.82) is 0 Å². The number of carbonyl (C=O) groups excluding carboxylic acids is 2. The van der Waals surface area contributed by atoms with Crippen LogP contribution in [-0.2, 0) is 22.4 Å². The van der Waals surface area contributed by atoms with Crippen LogP contribution in [0.3, 0.4) is 0 Å². The first-order valence-electron chi connectivity index (χ1n) is 23.6. The molecule has 364 valence electrons. The summed E-state index contributed by atoms with van der Waals surface area (Å²) in [4.78, 5) is 79.3. The maximum atomic E-state index is 14.7. The number of primary amides is 2. The summed E-state index contributed by atoms with van der Waals surface area (Å²) in [7, 11) is 0. The van der Waals surface area contributed by atoms with E-state index >= 15 is 0 Å². The van der Waals surface area contributed by atoms with Crippen molar-refractivity contribution in [3.8, 4) is 23.3 Å². The van der Waals surface area contributed by atoms with E-state index in [0.29, 0.717) is 106 Å². The number of halogens is 2. The van der Waals surface area contributed by atoms with Gasteiger partial charge in [-0.15, -0.1) is 0 Å². The molecular formula is C48H56F2N18O2. The molecule has 2 atom stereocenters. The molecule has 4 aliphatic rings. The maximum Gasteiger partial charge on any atom is 0.218 e. The van der Waals surface area contributed by atoms with Crippen LogP contribution >= 0.6 is 0 Å². The fourth-order valence-corrected chi connectivity index (χ4v) is 9.34. The van der Waals surface area contributed by atoms with Crippen molar-refractivity contribution < 1.29 is 18.4 Å². The lowest BCUT2D eigenvalue weighted by atomic mass is 9.99. The van der Waals surface area contributed by atoms with Gasteiger partial charge < -0.3 is 31.1 Å². The summed E-state index contributed by atoms with van der Waals surface area (Å²) >= 11 is 0. The van der Waals surface area contributed by atoms with Gasteiger partial charge in [0.25, 0.3) is 0 Å². The third-order valence-corrected chi connectivity index (χ3v) is 13.2. The molecule has 70 heavy (non-hydrogen) atoms. The second-order valence-electron chi connectivity index (χ2n) is 17.7. The maximum absolute atomic E-state index is 14.7. The Balaban J connectivity index is 0.000000174. The first-order chi connectivity index (χ1) is 33.9. The molecule has 2 saturated heterocycles. The zero-order valence-corrected chi connectivity index (χ0v) is 39.3. The predicted octanol–water partition coefficient (Wildman–Crippen LogP) is 3.18. The molecular weight excluding hydrogens is 899 g/mol. The van der Waals surface area contributed by atoms with Crippen LogP contribution in [0, 0.1) is 11.8 Å². The Morgan fingerprint density at radius 3 is 1.49 bits per heavy atom. The molecule has 20 nitrogen and oxygen atoms in total. The zero-order valence-electron chi connectivity index (χ0n) is 39.3. The number of rotatable bonds is 12. The topological polar surface area (TPSA) is 235 Å². The van der Waals surface area contributed by atoms with Crippen molar-refractivity contribution in [2.45, 2.75) is 51.6 Å². The van der Waals surface area contributed by atoms with Crippen LogP contribution in [0.25, 0.3) is 23.3 Å². The molecule has 2 amide bonds. The minimum absolute atomic E-state index is 0.0581. The number of anilines is 4. The van der Waals surface area contributed by atoms with E-state index in [1.54, 1.807) is 36.9 Å². The average Bonchev–Trinajstić information content (AvgIpc) is 3.38. The monoisotopic (exact) mass is 954 g/mol. The molecule has 0 spiro atoms. The minimum atomic E-state index is -0.500. The van der Waals surface area contributed by atoms with Gasteiger partial charge in [0.2, 0.25) is 17.8 Å². The molecule has 4 N–H and O–H groups in total. The Bertz CT molecular complexity index is 2590. The molecule has 0 radical (unpaired) electrons. The summed E-state index contributed by atoms with van der Waals surface area (Å²) in [5.41, 5.74) is 15.2. The third-order valence-electron chi connectivity index (χ3n) is 13.2. The summed E-state index contributed by atoms with van der Waals surface area (Å²) in [6.07, 6.45) is 12.4. The normalized spacial score (nSPS) is 18.4. The lowest BCUT2D eigenvalue weighted by Crippen LogP contribution is -2.47. The first kappa shape index (κ1) is 47.6. The summed E-state index contributed by atoms with van der Waals surface area (Å²) < 4.78 is 29.3. The highest BCUT2D eigenvalue weighted by atomic mass is 19.1. The molecule has 10 rings (SSSR count). The van der Waals surface area contributed by atoms with E-state index in [1.165, 1.54) is 18.2 Å². The number of nitrogens with two attached hydrogens (primary N) is 2. The van der Waals surface area contributed by atoms with E-state index in [-0.39, 0.29) is 29.7 Å². The predicted molar refractivity (Wildman–Crippen MR) is 258 cm³/mol. The SMILES string of the molecule is CC1c2cnc(-c3ncccn3)nc2CCN1c1cc(F)cc(N2CCN(CCC(N)=O)CC2)n1.CC1c2cnc(-c3ncccn3)nc2CCN1c1cc(N2CCN(CCC(N)=O)CC2)cc(F)n1. The van der Waals surface area contributed by atoms with E-state index < -0.39 is 5.95 Å². The molecule has 6 aromatic heterocycles. The number of piperazine rings is 2. The van der Waals surface area contributed by atoms with Gasteiger partial charge in [0.1, 0.15) is 23.3 Å². The zero-order chi connectivity index (χ0) is 48.7. The average molecular weight is 955 g/mol. The van der Waals surface area contributed by atoms with Crippen LogP contribution in [0.15, 0.2) is 73.6 Å². The number of carbonyl (C=O) groups is 2. The molecule has 22 heteroatoms. The number of amides is 2. The number of aromatic nitrogens is 10.